The molecule has 0 saturated carbocycles. The summed E-state index contributed by atoms with van der Waals surface area (Å²) in [7, 11) is -3.64. The number of rotatable bonds is 7. The second-order valence-electron chi connectivity index (χ2n) is 10.7. The monoisotopic (exact) mass is 422 g/mol. The second-order valence-corrected chi connectivity index (χ2v) is 20.3. The molecule has 0 aliphatic rings. The maximum Gasteiger partial charge on any atom is 0.192 e. The number of hydrogen-bond acceptors (Lipinski definition) is 2. The highest BCUT2D eigenvalue weighted by Crippen LogP contribution is 2.38. The Balaban J connectivity index is 5.55. The molecule has 0 heterocycles. The molecule has 0 fully saturated rings. The SMILES string of the molecule is CCC#C[C@H](CO[Si](C)(C)C(C)(C)C)[C@@H](C#CCC)CO[Si](C)(C)C(C)(C)C. The van der Waals surface area contributed by atoms with Crippen LogP contribution in [0.3, 0.4) is 0 Å². The van der Waals surface area contributed by atoms with Gasteiger partial charge in [0.25, 0.3) is 0 Å². The zero-order valence-electron chi connectivity index (χ0n) is 20.8. The molecule has 0 bridgehead atoms. The first-order valence-corrected chi connectivity index (χ1v) is 16.7. The highest BCUT2D eigenvalue weighted by Gasteiger charge is 2.40. The summed E-state index contributed by atoms with van der Waals surface area (Å²) in [5, 5.41) is 0.385. The summed E-state index contributed by atoms with van der Waals surface area (Å²) in [6.07, 6.45) is 1.71. The molecule has 2 nitrogen and oxygen atoms in total. The third-order valence-corrected chi connectivity index (χ3v) is 15.3. The van der Waals surface area contributed by atoms with Crippen LogP contribution in [0, 0.1) is 35.5 Å². The van der Waals surface area contributed by atoms with Crippen molar-refractivity contribution in [2.24, 2.45) is 11.8 Å². The first-order valence-electron chi connectivity index (χ1n) is 10.8. The lowest BCUT2D eigenvalue weighted by Crippen LogP contribution is -2.44. The molecular formula is C24H46O2Si2. The summed E-state index contributed by atoms with van der Waals surface area (Å²) in [5.74, 6) is 13.7. The fourth-order valence-corrected chi connectivity index (χ4v) is 4.07. The zero-order valence-corrected chi connectivity index (χ0v) is 22.8. The second kappa shape index (κ2) is 11.0. The Bertz CT molecular complexity index is 533. The van der Waals surface area contributed by atoms with Gasteiger partial charge in [0.1, 0.15) is 0 Å². The Morgan fingerprint density at radius 3 is 1.14 bits per heavy atom. The van der Waals surface area contributed by atoms with Crippen molar-refractivity contribution in [3.63, 3.8) is 0 Å². The molecule has 0 aliphatic heterocycles. The Labute approximate surface area is 178 Å². The molecule has 0 radical (unpaired) electrons. The maximum absolute atomic E-state index is 6.54. The average molecular weight is 423 g/mol. The van der Waals surface area contributed by atoms with E-state index < -0.39 is 16.6 Å². The van der Waals surface area contributed by atoms with Gasteiger partial charge in [0.15, 0.2) is 16.6 Å². The van der Waals surface area contributed by atoms with Crippen molar-refractivity contribution in [3.8, 4) is 23.7 Å². The Morgan fingerprint density at radius 2 is 0.929 bits per heavy atom. The summed E-state index contributed by atoms with van der Waals surface area (Å²) in [4.78, 5) is 0. The van der Waals surface area contributed by atoms with Crippen molar-refractivity contribution in [2.75, 3.05) is 13.2 Å². The van der Waals surface area contributed by atoms with Crippen LogP contribution in [-0.4, -0.2) is 29.8 Å². The molecule has 2 atom stereocenters. The molecule has 0 rings (SSSR count). The van der Waals surface area contributed by atoms with Crippen molar-refractivity contribution in [1.82, 2.24) is 0 Å². The molecule has 0 N–H and O–H groups in total. The first kappa shape index (κ1) is 27.5. The summed E-state index contributed by atoms with van der Waals surface area (Å²) >= 11 is 0. The molecule has 4 heteroatoms. The molecule has 0 saturated heterocycles. The van der Waals surface area contributed by atoms with E-state index in [1.807, 2.05) is 0 Å². The third kappa shape index (κ3) is 8.87. The van der Waals surface area contributed by atoms with Crippen LogP contribution >= 0.6 is 0 Å². The molecule has 0 spiro atoms. The smallest absolute Gasteiger partial charge is 0.192 e. The Kier molecular flexibility index (Phi) is 10.8. The van der Waals surface area contributed by atoms with Gasteiger partial charge in [-0.05, 0) is 36.3 Å². The molecule has 0 amide bonds. The van der Waals surface area contributed by atoms with Gasteiger partial charge in [-0.2, -0.15) is 0 Å². The van der Waals surface area contributed by atoms with E-state index in [0.717, 1.165) is 12.8 Å². The van der Waals surface area contributed by atoms with Crippen LogP contribution < -0.4 is 0 Å². The molecule has 0 unspecified atom stereocenters. The Morgan fingerprint density at radius 1 is 0.643 bits per heavy atom. The van der Waals surface area contributed by atoms with Crippen LogP contribution in [0.15, 0.2) is 0 Å². The van der Waals surface area contributed by atoms with Crippen LogP contribution in [0.2, 0.25) is 36.3 Å². The van der Waals surface area contributed by atoms with Crippen LogP contribution in [0.5, 0.6) is 0 Å². The van der Waals surface area contributed by atoms with Crippen molar-refractivity contribution in [2.45, 2.75) is 104 Å². The normalized spacial score (nSPS) is 15.1. The minimum atomic E-state index is -1.82. The predicted octanol–water partition coefficient (Wildman–Crippen LogP) is 7.09. The zero-order chi connectivity index (χ0) is 22.2. The topological polar surface area (TPSA) is 18.5 Å². The summed E-state index contributed by atoms with van der Waals surface area (Å²) in [5.41, 5.74) is 0. The first-order chi connectivity index (χ1) is 12.6. The summed E-state index contributed by atoms with van der Waals surface area (Å²) < 4.78 is 13.1. The predicted molar refractivity (Wildman–Crippen MR) is 129 cm³/mol. The highest BCUT2D eigenvalue weighted by atomic mass is 28.4. The molecule has 162 valence electrons. The van der Waals surface area contributed by atoms with Gasteiger partial charge in [0, 0.05) is 26.1 Å². The van der Waals surface area contributed by atoms with Crippen molar-refractivity contribution >= 4 is 16.6 Å². The van der Waals surface area contributed by atoms with Crippen molar-refractivity contribution in [1.29, 1.82) is 0 Å². The van der Waals surface area contributed by atoms with Crippen LogP contribution in [-0.2, 0) is 8.85 Å². The quantitative estimate of drug-likeness (QED) is 0.322. The van der Waals surface area contributed by atoms with Gasteiger partial charge in [-0.25, -0.2) is 0 Å². The molecule has 0 aromatic carbocycles. The highest BCUT2D eigenvalue weighted by molar-refractivity contribution is 6.74. The van der Waals surface area contributed by atoms with E-state index in [1.54, 1.807) is 0 Å². The van der Waals surface area contributed by atoms with E-state index in [9.17, 15) is 0 Å². The average Bonchev–Trinajstić information content (AvgIpc) is 2.53. The van der Waals surface area contributed by atoms with Gasteiger partial charge >= 0.3 is 0 Å². The summed E-state index contributed by atoms with van der Waals surface area (Å²) in [6.45, 7) is 28.4. The van der Waals surface area contributed by atoms with E-state index in [-0.39, 0.29) is 21.9 Å². The molecule has 0 aromatic heterocycles. The van der Waals surface area contributed by atoms with E-state index in [1.165, 1.54) is 0 Å². The van der Waals surface area contributed by atoms with Crippen LogP contribution in [0.4, 0.5) is 0 Å². The third-order valence-electron chi connectivity index (χ3n) is 6.27. The molecule has 0 aromatic rings. The van der Waals surface area contributed by atoms with Crippen molar-refractivity contribution in [3.05, 3.63) is 0 Å². The van der Waals surface area contributed by atoms with Gasteiger partial charge in [-0.1, -0.05) is 67.2 Å². The summed E-state index contributed by atoms with van der Waals surface area (Å²) in [6, 6.07) is 0. The van der Waals surface area contributed by atoms with Gasteiger partial charge in [0.2, 0.25) is 0 Å². The van der Waals surface area contributed by atoms with Gasteiger partial charge in [-0.3, -0.25) is 0 Å². The molecule has 28 heavy (non-hydrogen) atoms. The standard InChI is InChI=1S/C24H46O2Si2/c1-13-15-17-21(19-25-27(9,10)23(3,4)5)22(18-16-14-2)20-26-28(11,12)24(6,7)8/h21-22H,13-14,19-20H2,1-12H3/t21-,22+. The molecule has 0 aliphatic carbocycles. The largest absolute Gasteiger partial charge is 0.416 e. The van der Waals surface area contributed by atoms with E-state index in [0.29, 0.717) is 13.2 Å². The van der Waals surface area contributed by atoms with Crippen molar-refractivity contribution < 1.29 is 8.85 Å². The van der Waals surface area contributed by atoms with Gasteiger partial charge in [0.05, 0.1) is 11.8 Å². The van der Waals surface area contributed by atoms with Gasteiger partial charge < -0.3 is 8.85 Å². The fraction of sp³-hybridized carbons (Fsp3) is 0.833. The van der Waals surface area contributed by atoms with Gasteiger partial charge in [-0.15, -0.1) is 11.8 Å². The lowest BCUT2D eigenvalue weighted by molar-refractivity contribution is 0.184. The minimum Gasteiger partial charge on any atom is -0.416 e. The number of hydrogen-bond donors (Lipinski definition) is 0. The van der Waals surface area contributed by atoms with E-state index in [4.69, 9.17) is 8.85 Å². The van der Waals surface area contributed by atoms with E-state index in [2.05, 4.69) is 105 Å². The van der Waals surface area contributed by atoms with E-state index >= 15 is 0 Å². The fourth-order valence-electron chi connectivity index (χ4n) is 2.01. The maximum atomic E-state index is 6.54. The van der Waals surface area contributed by atoms with Crippen LogP contribution in [0.1, 0.15) is 68.2 Å². The lowest BCUT2D eigenvalue weighted by Gasteiger charge is -2.38. The molecular weight excluding hydrogens is 376 g/mol. The lowest BCUT2D eigenvalue weighted by atomic mass is 9.94. The van der Waals surface area contributed by atoms with Crippen LogP contribution in [0.25, 0.3) is 0 Å². The Hall–Kier alpha value is -0.526. The minimum absolute atomic E-state index is 0.0953.